The Labute approximate surface area is 467 Å². The number of aryl methyl sites for hydroxylation is 9. The van der Waals surface area contributed by atoms with E-state index in [9.17, 15) is 26.3 Å². The zero-order valence-corrected chi connectivity index (χ0v) is 52.6. The lowest BCUT2D eigenvalue weighted by molar-refractivity contribution is -0.211. The molecule has 0 aliphatic carbocycles. The summed E-state index contributed by atoms with van der Waals surface area (Å²) in [6.45, 7) is 36.9. The summed E-state index contributed by atoms with van der Waals surface area (Å²) < 4.78 is 76.5. The fourth-order valence-electron chi connectivity index (χ4n) is 6.39. The van der Waals surface area contributed by atoms with E-state index < -0.39 is 23.2 Å². The fraction of sp³-hybridized carbons (Fsp3) is 0.500. The van der Waals surface area contributed by atoms with Crippen molar-refractivity contribution in [2.24, 2.45) is 21.7 Å². The Bertz CT molecular complexity index is 2590. The molecule has 0 spiro atoms. The lowest BCUT2D eigenvalue weighted by Gasteiger charge is -2.26. The number of fused-ring (bicyclic) bond motifs is 1. The highest BCUT2D eigenvalue weighted by molar-refractivity contribution is 7.19. The highest BCUT2D eigenvalue weighted by atomic mass is 32.1. The van der Waals surface area contributed by atoms with Crippen molar-refractivity contribution in [2.45, 2.75) is 170 Å². The van der Waals surface area contributed by atoms with E-state index in [1.807, 2.05) is 66.3 Å². The van der Waals surface area contributed by atoms with Gasteiger partial charge in [0.1, 0.15) is 0 Å². The van der Waals surface area contributed by atoms with E-state index in [4.69, 9.17) is 0 Å². The van der Waals surface area contributed by atoms with Crippen LogP contribution in [0, 0.1) is 84.0 Å². The third-order valence-corrected chi connectivity index (χ3v) is 16.9. The number of hydrogen-bond acceptors (Lipinski definition) is 10. The molecule has 0 N–H and O–H groups in total. The molecule has 7 aromatic heterocycles. The van der Waals surface area contributed by atoms with Gasteiger partial charge in [-0.1, -0.05) is 87.4 Å². The van der Waals surface area contributed by atoms with Gasteiger partial charge >= 0.3 is 12.4 Å². The third-order valence-electron chi connectivity index (χ3n) is 10.3. The third kappa shape index (κ3) is 27.2. The van der Waals surface area contributed by atoms with Crippen LogP contribution in [0.2, 0.25) is 0 Å². The number of thiazole rings is 3. The Hall–Kier alpha value is -3.25. The van der Waals surface area contributed by atoms with Crippen LogP contribution in [-0.4, -0.2) is 27.3 Å². The number of alkyl halides is 6. The van der Waals surface area contributed by atoms with Crippen molar-refractivity contribution in [2.75, 3.05) is 0 Å². The van der Waals surface area contributed by atoms with Crippen LogP contribution >= 0.6 is 79.4 Å². The second-order valence-electron chi connectivity index (χ2n) is 21.8. The molecule has 7 heterocycles. The molecule has 0 saturated carbocycles. The number of benzene rings is 1. The normalized spacial score (nSPS) is 11.8. The zero-order valence-electron chi connectivity index (χ0n) is 46.9. The highest BCUT2D eigenvalue weighted by Gasteiger charge is 2.48. The molecule has 3 nitrogen and oxygen atoms in total. The van der Waals surface area contributed by atoms with Crippen molar-refractivity contribution in [1.82, 2.24) is 15.0 Å². The van der Waals surface area contributed by atoms with Gasteiger partial charge in [-0.05, 0) is 153 Å². The lowest BCUT2D eigenvalue weighted by atomic mass is 9.88. The van der Waals surface area contributed by atoms with Crippen LogP contribution in [0.25, 0.3) is 10.1 Å². The first kappa shape index (κ1) is 66.9. The van der Waals surface area contributed by atoms with E-state index in [0.29, 0.717) is 15.7 Å². The van der Waals surface area contributed by atoms with E-state index in [1.165, 1.54) is 112 Å². The van der Waals surface area contributed by atoms with E-state index in [1.54, 1.807) is 35.7 Å². The molecule has 16 heteroatoms. The number of thiophene rings is 4. The van der Waals surface area contributed by atoms with Crippen LogP contribution in [0.3, 0.4) is 0 Å². The molecule has 0 radical (unpaired) electrons. The predicted octanol–water partition coefficient (Wildman–Crippen LogP) is 21.8. The maximum Gasteiger partial charge on any atom is 0.394 e. The van der Waals surface area contributed by atoms with Gasteiger partial charge in [0.25, 0.3) is 0 Å². The first-order valence-corrected chi connectivity index (χ1v) is 30.0. The molecule has 0 bridgehead atoms. The fourth-order valence-corrected chi connectivity index (χ4v) is 13.2. The van der Waals surface area contributed by atoms with Crippen LogP contribution in [0.1, 0.15) is 133 Å². The molecule has 1 aromatic carbocycles. The van der Waals surface area contributed by atoms with Gasteiger partial charge in [-0.2, -0.15) is 26.3 Å². The first-order chi connectivity index (χ1) is 33.8. The number of halogens is 6. The van der Waals surface area contributed by atoms with Gasteiger partial charge in [0.05, 0.1) is 25.9 Å². The molecule has 0 fully saturated rings. The molecule has 0 saturated heterocycles. The number of hydrogen-bond donors (Lipinski definition) is 0. The first-order valence-electron chi connectivity index (χ1n) is 24.3. The van der Waals surface area contributed by atoms with Crippen molar-refractivity contribution in [1.29, 1.82) is 0 Å². The summed E-state index contributed by atoms with van der Waals surface area (Å²) in [7, 11) is 0. The monoisotopic (exact) mass is 1160 g/mol. The van der Waals surface area contributed by atoms with Gasteiger partial charge in [0, 0.05) is 72.1 Å². The molecule has 8 aromatic rings. The molecule has 8 rings (SSSR count). The molecular formula is C58H79F6N3S7. The van der Waals surface area contributed by atoms with Gasteiger partial charge < -0.3 is 0 Å². The SMILES string of the molecule is Cc1cc2ccccc2s1.Cc1ccc(C)s1.Cc1ccc(CC(C)(C)C(F)(F)F)s1.Cc1ccc(CC(C)(C)C)s1.Cc1cnc(C)s1.Cc1ncc(CC(C)(C)C(F)(F)F)s1.Cc1ncc(CC(C)(C)C)s1. The predicted molar refractivity (Wildman–Crippen MR) is 317 cm³/mol. The van der Waals surface area contributed by atoms with Crippen LogP contribution in [0.5, 0.6) is 0 Å². The van der Waals surface area contributed by atoms with Crippen LogP contribution in [-0.2, 0) is 25.7 Å². The second-order valence-corrected chi connectivity index (χ2v) is 31.5. The van der Waals surface area contributed by atoms with Gasteiger partial charge in [0.2, 0.25) is 0 Å². The van der Waals surface area contributed by atoms with E-state index in [2.05, 4.69) is 153 Å². The van der Waals surface area contributed by atoms with Gasteiger partial charge in [-0.15, -0.1) is 79.4 Å². The Morgan fingerprint density at radius 1 is 0.351 bits per heavy atom. The maximum absolute atomic E-state index is 12.5. The molecule has 0 unspecified atom stereocenters. The van der Waals surface area contributed by atoms with Crippen molar-refractivity contribution < 1.29 is 26.3 Å². The molecule has 74 heavy (non-hydrogen) atoms. The molecule has 0 atom stereocenters. The Balaban J connectivity index is 0.000000299. The molecular weight excluding hydrogens is 1080 g/mol. The quantitative estimate of drug-likeness (QED) is 0.156. The molecule has 0 aliphatic rings. The molecule has 410 valence electrons. The van der Waals surface area contributed by atoms with Crippen LogP contribution < -0.4 is 0 Å². The van der Waals surface area contributed by atoms with E-state index in [-0.39, 0.29) is 12.8 Å². The largest absolute Gasteiger partial charge is 0.394 e. The summed E-state index contributed by atoms with van der Waals surface area (Å²) in [6.07, 6.45) is -0.491. The van der Waals surface area contributed by atoms with Crippen molar-refractivity contribution >= 4 is 89.4 Å². The van der Waals surface area contributed by atoms with Crippen LogP contribution in [0.15, 0.2) is 85.3 Å². The Morgan fingerprint density at radius 2 is 0.716 bits per heavy atom. The topological polar surface area (TPSA) is 38.7 Å². The number of nitrogens with zero attached hydrogens (tertiary/aromatic N) is 3. The summed E-state index contributed by atoms with van der Waals surface area (Å²) in [6, 6.07) is 23.0. The average Bonchev–Trinajstić information content (AvgIpc) is 4.13. The number of aromatic nitrogens is 3. The molecule has 0 aliphatic heterocycles. The van der Waals surface area contributed by atoms with Gasteiger partial charge in [0.15, 0.2) is 0 Å². The van der Waals surface area contributed by atoms with Crippen molar-refractivity contribution in [3.8, 4) is 0 Å². The Kier molecular flexibility index (Phi) is 26.6. The zero-order chi connectivity index (χ0) is 56.5. The van der Waals surface area contributed by atoms with E-state index in [0.717, 1.165) is 26.2 Å². The highest BCUT2D eigenvalue weighted by Crippen LogP contribution is 2.42. The minimum absolute atomic E-state index is 0.00199. The lowest BCUT2D eigenvalue weighted by Crippen LogP contribution is -2.33. The maximum atomic E-state index is 12.5. The summed E-state index contributed by atoms with van der Waals surface area (Å²) in [5.41, 5.74) is -2.49. The number of rotatable bonds is 6. The summed E-state index contributed by atoms with van der Waals surface area (Å²) in [5, 5.41) is 4.49. The van der Waals surface area contributed by atoms with Gasteiger partial charge in [-0.25, -0.2) is 15.0 Å². The molecule has 0 amide bonds. The van der Waals surface area contributed by atoms with E-state index >= 15 is 0 Å². The minimum Gasteiger partial charge on any atom is -0.250 e. The minimum atomic E-state index is -4.16. The van der Waals surface area contributed by atoms with Crippen molar-refractivity contribution in [3.05, 3.63) is 149 Å². The smallest absolute Gasteiger partial charge is 0.250 e. The Morgan fingerprint density at radius 3 is 1.03 bits per heavy atom. The average molecular weight is 1160 g/mol. The summed E-state index contributed by atoms with van der Waals surface area (Å²) in [4.78, 5) is 24.5. The summed E-state index contributed by atoms with van der Waals surface area (Å²) in [5.74, 6) is 0. The standard InChI is InChI=1S/C10H13F3S.C10H16S.C9H12F3NS.C9H15NS.C9H8S.C6H8S.C5H7NS/c1-7-4-5-8(14-7)6-9(2,3)10(11,12)13;1-8-5-6-9(11-8)7-10(2,3)4;1-6-13-5-7(14-6)4-8(2,3)9(10,11)12;1-7-10-6-8(11-7)5-9(2,3)4;1-7-6-8-4-2-3-5-9(8)10-7;1-5-3-4-6(2)7-5;1-4-3-6-5(2)7-4/h4-5H,6H2,1-3H3;5-6H,7H2,1-4H3;5H,4H2,1-3H3;6H,5H2,1-4H3;2-6H,1H3;3-4H,1-2H3;3H,1-2H3. The second kappa shape index (κ2) is 29.5. The van der Waals surface area contributed by atoms with Crippen LogP contribution in [0.4, 0.5) is 26.3 Å². The summed E-state index contributed by atoms with van der Waals surface area (Å²) >= 11 is 11.9. The van der Waals surface area contributed by atoms with Gasteiger partial charge in [-0.3, -0.25) is 0 Å². The van der Waals surface area contributed by atoms with Crippen molar-refractivity contribution in [3.63, 3.8) is 0 Å².